The van der Waals surface area contributed by atoms with E-state index in [1.165, 1.54) is 14.2 Å². The van der Waals surface area contributed by atoms with E-state index in [9.17, 15) is 4.79 Å². The summed E-state index contributed by atoms with van der Waals surface area (Å²) in [5.41, 5.74) is 2.70. The van der Waals surface area contributed by atoms with Crippen LogP contribution in [0.3, 0.4) is 0 Å². The van der Waals surface area contributed by atoms with Crippen LogP contribution in [-0.2, 0) is 21.1 Å². The van der Waals surface area contributed by atoms with Crippen molar-refractivity contribution in [1.82, 2.24) is 10.3 Å². The highest BCUT2D eigenvalue weighted by Gasteiger charge is 2.30. The highest BCUT2D eigenvalue weighted by atomic mass is 35.5. The van der Waals surface area contributed by atoms with E-state index in [0.29, 0.717) is 17.0 Å². The molecule has 158 valence electrons. The lowest BCUT2D eigenvalue weighted by molar-refractivity contribution is -0.114. The average molecular weight is 431 g/mol. The molecule has 0 unspecified atom stereocenters. The molecule has 1 amide bonds. The minimum absolute atomic E-state index is 0.138. The Balaban J connectivity index is 1.78. The van der Waals surface area contributed by atoms with Crippen LogP contribution in [0.5, 0.6) is 5.88 Å². The van der Waals surface area contributed by atoms with Gasteiger partial charge in [0.1, 0.15) is 24.3 Å². The Kier molecular flexibility index (Phi) is 6.56. The molecule has 9 heteroatoms. The van der Waals surface area contributed by atoms with Crippen molar-refractivity contribution >= 4 is 28.9 Å². The molecule has 0 saturated carbocycles. The van der Waals surface area contributed by atoms with Crippen molar-refractivity contribution in [2.45, 2.75) is 32.5 Å². The summed E-state index contributed by atoms with van der Waals surface area (Å²) in [4.78, 5) is 26.7. The Labute approximate surface area is 179 Å². The molecule has 3 rings (SSSR count). The second kappa shape index (κ2) is 9.13. The topological polar surface area (TPSA) is 94.4 Å². The van der Waals surface area contributed by atoms with Gasteiger partial charge in [-0.2, -0.15) is 0 Å². The maximum atomic E-state index is 12.2. The van der Waals surface area contributed by atoms with Crippen molar-refractivity contribution in [3.8, 4) is 5.88 Å². The molecule has 1 aromatic heterocycles. The van der Waals surface area contributed by atoms with Gasteiger partial charge in [0.25, 0.3) is 5.91 Å². The molecule has 30 heavy (non-hydrogen) atoms. The summed E-state index contributed by atoms with van der Waals surface area (Å²) < 4.78 is 5.82. The number of benzene rings is 1. The van der Waals surface area contributed by atoms with Gasteiger partial charge in [-0.25, -0.2) is 4.98 Å². The first-order valence-electron chi connectivity index (χ1n) is 9.30. The van der Waals surface area contributed by atoms with Gasteiger partial charge in [-0.3, -0.25) is 4.79 Å². The fourth-order valence-corrected chi connectivity index (χ4v) is 3.16. The van der Waals surface area contributed by atoms with E-state index in [0.717, 1.165) is 16.8 Å². The number of ether oxygens (including phenoxy) is 1. The van der Waals surface area contributed by atoms with Gasteiger partial charge in [0.05, 0.1) is 5.71 Å². The number of aromatic nitrogens is 1. The number of hydrogen-bond acceptors (Lipinski definition) is 7. The second-order valence-electron chi connectivity index (χ2n) is 7.22. The third kappa shape index (κ3) is 4.88. The van der Waals surface area contributed by atoms with Crippen molar-refractivity contribution in [3.05, 3.63) is 58.2 Å². The van der Waals surface area contributed by atoms with E-state index in [-0.39, 0.29) is 29.7 Å². The summed E-state index contributed by atoms with van der Waals surface area (Å²) in [6.07, 6.45) is 2.32. The zero-order valence-corrected chi connectivity index (χ0v) is 18.0. The molecule has 1 aliphatic heterocycles. The molecular weight excluding hydrogens is 408 g/mol. The van der Waals surface area contributed by atoms with Crippen molar-refractivity contribution in [2.24, 2.45) is 10.3 Å². The molecule has 8 nitrogen and oxygen atoms in total. The van der Waals surface area contributed by atoms with Crippen LogP contribution in [-0.4, -0.2) is 42.1 Å². The maximum Gasteiger partial charge on any atom is 0.273 e. The normalized spacial score (nSPS) is 15.2. The Hall–Kier alpha value is -3.13. The van der Waals surface area contributed by atoms with Gasteiger partial charge in [-0.15, -0.1) is 0 Å². The van der Waals surface area contributed by atoms with Crippen molar-refractivity contribution in [2.75, 3.05) is 14.2 Å². The zero-order chi connectivity index (χ0) is 21.7. The van der Waals surface area contributed by atoms with Crippen LogP contribution in [0, 0.1) is 0 Å². The van der Waals surface area contributed by atoms with E-state index in [2.05, 4.69) is 20.6 Å². The number of likely N-dealkylation sites (N-methyl/N-ethyl adjacent to an activating group) is 1. The van der Waals surface area contributed by atoms with Crippen LogP contribution in [0.15, 0.2) is 46.8 Å². The Bertz CT molecular complexity index is 1000. The van der Waals surface area contributed by atoms with Crippen molar-refractivity contribution in [1.29, 1.82) is 0 Å². The van der Waals surface area contributed by atoms with E-state index in [1.54, 1.807) is 24.4 Å². The number of pyridine rings is 1. The number of carbonyl (C=O) groups excluding carboxylic acids is 1. The summed E-state index contributed by atoms with van der Waals surface area (Å²) in [5.74, 6) is -0.0912. The molecular formula is C21H23ClN4O4. The SMILES string of the molecule is CNC(=O)/C(=N\OC)c1ccccc1COc1ncc(C2=NOC(C)(C)C2)cc1Cl. The largest absolute Gasteiger partial charge is 0.472 e. The van der Waals surface area contributed by atoms with Gasteiger partial charge in [0.15, 0.2) is 5.71 Å². The molecule has 0 radical (unpaired) electrons. The molecule has 0 fully saturated rings. The van der Waals surface area contributed by atoms with Crippen LogP contribution < -0.4 is 10.1 Å². The Morgan fingerprint density at radius 1 is 1.37 bits per heavy atom. The monoisotopic (exact) mass is 430 g/mol. The highest BCUT2D eigenvalue weighted by Crippen LogP contribution is 2.29. The van der Waals surface area contributed by atoms with Crippen LogP contribution in [0.4, 0.5) is 0 Å². The van der Waals surface area contributed by atoms with E-state index in [4.69, 9.17) is 26.0 Å². The van der Waals surface area contributed by atoms with Crippen molar-refractivity contribution in [3.63, 3.8) is 0 Å². The fraction of sp³-hybridized carbons (Fsp3) is 0.333. The first kappa shape index (κ1) is 21.6. The third-order valence-electron chi connectivity index (χ3n) is 4.40. The Morgan fingerprint density at radius 2 is 2.13 bits per heavy atom. The van der Waals surface area contributed by atoms with Crippen molar-refractivity contribution < 1.29 is 19.2 Å². The summed E-state index contributed by atoms with van der Waals surface area (Å²) >= 11 is 6.38. The first-order valence-corrected chi connectivity index (χ1v) is 9.67. The fourth-order valence-electron chi connectivity index (χ4n) is 2.94. The number of rotatable bonds is 7. The molecule has 0 saturated heterocycles. The maximum absolute atomic E-state index is 12.2. The summed E-state index contributed by atoms with van der Waals surface area (Å²) in [6.45, 7) is 4.07. The number of hydrogen-bond donors (Lipinski definition) is 1. The lowest BCUT2D eigenvalue weighted by atomic mass is 9.99. The summed E-state index contributed by atoms with van der Waals surface area (Å²) in [6, 6.07) is 9.00. The average Bonchev–Trinajstić information content (AvgIpc) is 3.10. The smallest absolute Gasteiger partial charge is 0.273 e. The molecule has 0 bridgehead atoms. The van der Waals surface area contributed by atoms with Gasteiger partial charge >= 0.3 is 0 Å². The van der Waals surface area contributed by atoms with E-state index >= 15 is 0 Å². The number of amides is 1. The van der Waals surface area contributed by atoms with Crippen LogP contribution in [0.1, 0.15) is 37.0 Å². The molecule has 0 aliphatic carbocycles. The minimum Gasteiger partial charge on any atom is -0.472 e. The molecule has 0 spiro atoms. The predicted octanol–water partition coefficient (Wildman–Crippen LogP) is 3.31. The van der Waals surface area contributed by atoms with Crippen LogP contribution >= 0.6 is 11.6 Å². The molecule has 2 heterocycles. The Morgan fingerprint density at radius 3 is 2.77 bits per heavy atom. The number of halogens is 1. The molecule has 1 N–H and O–H groups in total. The summed E-state index contributed by atoms with van der Waals surface area (Å²) in [5, 5.41) is 10.9. The molecule has 0 atom stereocenters. The van der Waals surface area contributed by atoms with Gasteiger partial charge in [0, 0.05) is 30.8 Å². The zero-order valence-electron chi connectivity index (χ0n) is 17.2. The predicted molar refractivity (Wildman–Crippen MR) is 114 cm³/mol. The second-order valence-corrected chi connectivity index (χ2v) is 7.63. The third-order valence-corrected chi connectivity index (χ3v) is 4.67. The van der Waals surface area contributed by atoms with Crippen LogP contribution in [0.2, 0.25) is 5.02 Å². The van der Waals surface area contributed by atoms with E-state index < -0.39 is 0 Å². The van der Waals surface area contributed by atoms with Gasteiger partial charge in [-0.1, -0.05) is 46.2 Å². The van der Waals surface area contributed by atoms with Crippen LogP contribution in [0.25, 0.3) is 0 Å². The highest BCUT2D eigenvalue weighted by molar-refractivity contribution is 6.45. The molecule has 1 aromatic carbocycles. The lowest BCUT2D eigenvalue weighted by Crippen LogP contribution is -2.29. The van der Waals surface area contributed by atoms with Gasteiger partial charge in [0.2, 0.25) is 5.88 Å². The van der Waals surface area contributed by atoms with E-state index in [1.807, 2.05) is 26.0 Å². The first-order chi connectivity index (χ1) is 14.3. The van der Waals surface area contributed by atoms with Gasteiger partial charge in [-0.05, 0) is 25.5 Å². The quantitative estimate of drug-likeness (QED) is 0.537. The summed E-state index contributed by atoms with van der Waals surface area (Å²) in [7, 11) is 2.91. The number of oxime groups is 2. The number of nitrogens with zero attached hydrogens (tertiary/aromatic N) is 3. The molecule has 1 aliphatic rings. The van der Waals surface area contributed by atoms with Gasteiger partial charge < -0.3 is 19.7 Å². The standard InChI is InChI=1S/C21H23ClN4O4/c1-21(2)10-17(25-30-21)14-9-16(22)20(24-11-14)29-12-13-7-5-6-8-15(13)18(26-28-4)19(27)23-3/h5-9,11H,10,12H2,1-4H3,(H,23,27)/b26-18-. The lowest BCUT2D eigenvalue weighted by Gasteiger charge is -2.14. The minimum atomic E-state index is -0.368. The number of nitrogens with one attached hydrogen (secondary N) is 1. The number of carbonyl (C=O) groups is 1. The molecule has 2 aromatic rings.